The van der Waals surface area contributed by atoms with E-state index in [1.807, 2.05) is 0 Å². The zero-order chi connectivity index (χ0) is 22.2. The van der Waals surface area contributed by atoms with Crippen LogP contribution < -0.4 is 11.5 Å². The van der Waals surface area contributed by atoms with Gasteiger partial charge in [0.1, 0.15) is 0 Å². The molecule has 10 nitrogen and oxygen atoms in total. The second-order valence-electron chi connectivity index (χ2n) is 4.80. The number of hydrogen-bond acceptors (Lipinski definition) is 10. The van der Waals surface area contributed by atoms with E-state index in [1.54, 1.807) is 27.7 Å². The minimum atomic E-state index is -0.356. The molecule has 0 saturated carbocycles. The Balaban J connectivity index is -0.000000375. The van der Waals surface area contributed by atoms with Crippen molar-refractivity contribution in [2.24, 2.45) is 11.5 Å². The van der Waals surface area contributed by atoms with E-state index in [4.69, 9.17) is 11.5 Å². The molecule has 0 bridgehead atoms. The van der Waals surface area contributed by atoms with E-state index in [0.717, 1.165) is 0 Å². The van der Waals surface area contributed by atoms with Crippen molar-refractivity contribution < 1.29 is 38.1 Å². The van der Waals surface area contributed by atoms with Crippen LogP contribution in [0.3, 0.4) is 0 Å². The van der Waals surface area contributed by atoms with E-state index in [9.17, 15) is 19.2 Å². The highest BCUT2D eigenvalue weighted by Crippen LogP contribution is 1.96. The molecule has 0 aliphatic carbocycles. The maximum atomic E-state index is 10.7. The molecule has 166 valence electrons. The Bertz CT molecular complexity index is 342. The van der Waals surface area contributed by atoms with Crippen LogP contribution in [0.15, 0.2) is 0 Å². The van der Waals surface area contributed by atoms with E-state index in [2.05, 4.69) is 18.9 Å². The Morgan fingerprint density at radius 1 is 0.500 bits per heavy atom. The second kappa shape index (κ2) is 24.8. The predicted molar refractivity (Wildman–Crippen MR) is 103 cm³/mol. The number of nitrogens with two attached hydrogens (primary N) is 2. The molecule has 0 aromatic heterocycles. The van der Waals surface area contributed by atoms with Crippen molar-refractivity contribution in [2.75, 3.05) is 39.5 Å². The van der Waals surface area contributed by atoms with Crippen molar-refractivity contribution in [3.63, 3.8) is 0 Å². The van der Waals surface area contributed by atoms with Gasteiger partial charge in [0.05, 0.1) is 52.1 Å². The summed E-state index contributed by atoms with van der Waals surface area (Å²) in [5.74, 6) is -1.42. The van der Waals surface area contributed by atoms with E-state index in [1.165, 1.54) is 0 Å². The first-order chi connectivity index (χ1) is 13.3. The van der Waals surface area contributed by atoms with Crippen LogP contribution in [0.5, 0.6) is 0 Å². The van der Waals surface area contributed by atoms with E-state index < -0.39 is 0 Å². The van der Waals surface area contributed by atoms with Crippen LogP contribution in [0.1, 0.15) is 53.4 Å². The van der Waals surface area contributed by atoms with E-state index >= 15 is 0 Å². The number of carbonyl (C=O) groups excluding carboxylic acids is 4. The highest BCUT2D eigenvalue weighted by Gasteiger charge is 2.07. The predicted octanol–water partition coefficient (Wildman–Crippen LogP) is 0.689. The molecule has 0 aromatic rings. The van der Waals surface area contributed by atoms with Gasteiger partial charge in [-0.3, -0.25) is 19.2 Å². The van der Waals surface area contributed by atoms with Gasteiger partial charge in [-0.25, -0.2) is 0 Å². The molecule has 0 rings (SSSR count). The summed E-state index contributed by atoms with van der Waals surface area (Å²) >= 11 is 0. The van der Waals surface area contributed by atoms with Crippen LogP contribution >= 0.6 is 0 Å². The number of ether oxygens (including phenoxy) is 4. The van der Waals surface area contributed by atoms with Gasteiger partial charge in [0, 0.05) is 13.1 Å². The van der Waals surface area contributed by atoms with E-state index in [-0.39, 0.29) is 49.6 Å². The smallest absolute Gasteiger partial charge is 0.306 e. The summed E-state index contributed by atoms with van der Waals surface area (Å²) in [5.41, 5.74) is 9.81. The van der Waals surface area contributed by atoms with Crippen LogP contribution in [0, 0.1) is 0 Å². The highest BCUT2D eigenvalue weighted by atomic mass is 16.5. The first-order valence-electron chi connectivity index (χ1n) is 9.35. The van der Waals surface area contributed by atoms with Gasteiger partial charge < -0.3 is 30.4 Å². The molecule has 28 heavy (non-hydrogen) atoms. The largest absolute Gasteiger partial charge is 0.466 e. The van der Waals surface area contributed by atoms with Crippen molar-refractivity contribution in [2.45, 2.75) is 53.4 Å². The van der Waals surface area contributed by atoms with Gasteiger partial charge in [-0.15, -0.1) is 0 Å². The fraction of sp³-hybridized carbons (Fsp3) is 0.778. The van der Waals surface area contributed by atoms with Crippen molar-refractivity contribution in [1.82, 2.24) is 0 Å². The topological polar surface area (TPSA) is 157 Å². The number of hydrogen-bond donors (Lipinski definition) is 2. The van der Waals surface area contributed by atoms with Gasteiger partial charge in [0.15, 0.2) is 0 Å². The summed E-state index contributed by atoms with van der Waals surface area (Å²) in [6.45, 7) is 9.49. The molecule has 0 saturated heterocycles. The Morgan fingerprint density at radius 3 is 0.786 bits per heavy atom. The molecule has 0 spiro atoms. The average Bonchev–Trinajstić information content (AvgIpc) is 2.66. The van der Waals surface area contributed by atoms with Gasteiger partial charge in [-0.1, -0.05) is 0 Å². The lowest BCUT2D eigenvalue weighted by Crippen LogP contribution is -2.11. The minimum absolute atomic E-state index is 0.104. The Hall–Kier alpha value is -2.20. The fourth-order valence-electron chi connectivity index (χ4n) is 1.34. The molecule has 4 N–H and O–H groups in total. The van der Waals surface area contributed by atoms with Crippen molar-refractivity contribution in [3.05, 3.63) is 0 Å². The molecule has 0 atom stereocenters. The summed E-state index contributed by atoms with van der Waals surface area (Å²) < 4.78 is 18.5. The van der Waals surface area contributed by atoms with Crippen molar-refractivity contribution >= 4 is 23.9 Å². The first-order valence-corrected chi connectivity index (χ1v) is 9.35. The standard InChI is InChI=1S/2C8H14O4.C2H8N2/c2*1-3-11-7(9)5-6-8(10)12-4-2;3-1-2-4/h2*3-6H2,1-2H3;1-4H2. The van der Waals surface area contributed by atoms with Gasteiger partial charge in [-0.2, -0.15) is 0 Å². The fourth-order valence-corrected chi connectivity index (χ4v) is 1.34. The Kier molecular flexibility index (Phi) is 27.0. The molecule has 0 radical (unpaired) electrons. The summed E-state index contributed by atoms with van der Waals surface area (Å²) in [5, 5.41) is 0. The molecule has 0 amide bonds. The lowest BCUT2D eigenvalue weighted by molar-refractivity contribution is -0.149. The van der Waals surface area contributed by atoms with Crippen LogP contribution in [0.25, 0.3) is 0 Å². The Morgan fingerprint density at radius 2 is 0.679 bits per heavy atom. The normalized spacial score (nSPS) is 8.93. The van der Waals surface area contributed by atoms with E-state index in [0.29, 0.717) is 39.5 Å². The summed E-state index contributed by atoms with van der Waals surface area (Å²) in [4.78, 5) is 42.9. The van der Waals surface area contributed by atoms with Crippen molar-refractivity contribution in [3.8, 4) is 0 Å². The summed E-state index contributed by atoms with van der Waals surface area (Å²) in [6.07, 6.45) is 0.415. The Labute approximate surface area is 167 Å². The molecular weight excluding hydrogens is 372 g/mol. The lowest BCUT2D eigenvalue weighted by atomic mass is 10.3. The molecule has 0 aromatic carbocycles. The molecule has 0 aliphatic heterocycles. The molecular formula is C18H36N2O8. The number of rotatable bonds is 11. The lowest BCUT2D eigenvalue weighted by Gasteiger charge is -2.01. The number of esters is 4. The zero-order valence-electron chi connectivity index (χ0n) is 17.5. The van der Waals surface area contributed by atoms with Crippen LogP contribution in [0.4, 0.5) is 0 Å². The average molecular weight is 408 g/mol. The first kappa shape index (κ1) is 30.5. The highest BCUT2D eigenvalue weighted by molar-refractivity contribution is 5.78. The molecule has 10 heteroatoms. The second-order valence-corrected chi connectivity index (χ2v) is 4.80. The van der Waals surface area contributed by atoms with Crippen molar-refractivity contribution in [1.29, 1.82) is 0 Å². The maximum Gasteiger partial charge on any atom is 0.306 e. The third-order valence-corrected chi connectivity index (χ3v) is 2.45. The SMILES string of the molecule is CCOC(=O)CCC(=O)OCC.CCOC(=O)CCC(=O)OCC.NCCN. The van der Waals surface area contributed by atoms with Crippen LogP contribution in [-0.2, 0) is 38.1 Å². The third-order valence-electron chi connectivity index (χ3n) is 2.45. The molecule has 0 aliphatic rings. The van der Waals surface area contributed by atoms with Gasteiger partial charge in [0.25, 0.3) is 0 Å². The van der Waals surface area contributed by atoms with Crippen LogP contribution in [-0.4, -0.2) is 63.4 Å². The van der Waals surface area contributed by atoms with Crippen LogP contribution in [0.2, 0.25) is 0 Å². The maximum absolute atomic E-state index is 10.7. The van der Waals surface area contributed by atoms with Gasteiger partial charge in [-0.05, 0) is 27.7 Å². The quantitative estimate of drug-likeness (QED) is 0.368. The monoisotopic (exact) mass is 408 g/mol. The summed E-state index contributed by atoms with van der Waals surface area (Å²) in [7, 11) is 0. The number of carbonyl (C=O) groups is 4. The molecule has 0 heterocycles. The van der Waals surface area contributed by atoms with Gasteiger partial charge in [0.2, 0.25) is 0 Å². The summed E-state index contributed by atoms with van der Waals surface area (Å²) in [6, 6.07) is 0. The zero-order valence-corrected chi connectivity index (χ0v) is 17.5. The third kappa shape index (κ3) is 28.6. The molecule has 0 unspecified atom stereocenters. The minimum Gasteiger partial charge on any atom is -0.466 e. The van der Waals surface area contributed by atoms with Gasteiger partial charge >= 0.3 is 23.9 Å². The molecule has 0 fully saturated rings.